The predicted molar refractivity (Wildman–Crippen MR) is 78.1 cm³/mol. The SMILES string of the molecule is C[C@@]12CC(=O)CC1CCC1C2CC[C@]2(C)C1CC[C@H]2O. The highest BCUT2D eigenvalue weighted by molar-refractivity contribution is 5.82. The van der Waals surface area contributed by atoms with E-state index in [0.717, 1.165) is 31.1 Å². The van der Waals surface area contributed by atoms with E-state index in [0.29, 0.717) is 17.6 Å². The average Bonchev–Trinajstić information content (AvgIpc) is 2.86. The molecule has 0 radical (unpaired) electrons. The molecule has 0 spiro atoms. The van der Waals surface area contributed by atoms with Crippen molar-refractivity contribution in [3.05, 3.63) is 0 Å². The Morgan fingerprint density at radius 1 is 1.00 bits per heavy atom. The summed E-state index contributed by atoms with van der Waals surface area (Å²) >= 11 is 0. The lowest BCUT2D eigenvalue weighted by atomic mass is 9.48. The maximum absolute atomic E-state index is 12.0. The van der Waals surface area contributed by atoms with Gasteiger partial charge in [-0.05, 0) is 73.0 Å². The van der Waals surface area contributed by atoms with Crippen LogP contribution in [0.1, 0.15) is 65.2 Å². The van der Waals surface area contributed by atoms with E-state index in [1.54, 1.807) is 0 Å². The second-order valence-corrected chi connectivity index (χ2v) is 8.71. The predicted octanol–water partition coefficient (Wildman–Crippen LogP) is 3.57. The number of hydrogen-bond acceptors (Lipinski definition) is 2. The summed E-state index contributed by atoms with van der Waals surface area (Å²) in [5.41, 5.74) is 0.460. The van der Waals surface area contributed by atoms with Crippen LogP contribution in [0.4, 0.5) is 0 Å². The largest absolute Gasteiger partial charge is 0.393 e. The lowest BCUT2D eigenvalue weighted by molar-refractivity contribution is -0.119. The van der Waals surface area contributed by atoms with Crippen LogP contribution in [0.25, 0.3) is 0 Å². The topological polar surface area (TPSA) is 37.3 Å². The van der Waals surface area contributed by atoms with E-state index in [1.165, 1.54) is 32.1 Å². The van der Waals surface area contributed by atoms with Gasteiger partial charge in [0.25, 0.3) is 0 Å². The van der Waals surface area contributed by atoms with Crippen molar-refractivity contribution in [3.8, 4) is 0 Å². The van der Waals surface area contributed by atoms with Crippen molar-refractivity contribution in [3.63, 3.8) is 0 Å². The number of rotatable bonds is 0. The van der Waals surface area contributed by atoms with Gasteiger partial charge < -0.3 is 5.11 Å². The smallest absolute Gasteiger partial charge is 0.133 e. The molecule has 4 unspecified atom stereocenters. The molecular weight excluding hydrogens is 248 g/mol. The molecule has 1 N–H and O–H groups in total. The Morgan fingerprint density at radius 2 is 1.75 bits per heavy atom. The monoisotopic (exact) mass is 276 g/mol. The van der Waals surface area contributed by atoms with Crippen LogP contribution in [0.3, 0.4) is 0 Å². The number of carbonyl (C=O) groups excluding carboxylic acids is 1. The molecule has 7 atom stereocenters. The number of fused-ring (bicyclic) bond motifs is 5. The number of hydrogen-bond donors (Lipinski definition) is 1. The van der Waals surface area contributed by atoms with E-state index >= 15 is 0 Å². The van der Waals surface area contributed by atoms with Crippen LogP contribution in [0, 0.1) is 34.5 Å². The van der Waals surface area contributed by atoms with Crippen molar-refractivity contribution in [2.24, 2.45) is 34.5 Å². The van der Waals surface area contributed by atoms with E-state index in [-0.39, 0.29) is 16.9 Å². The Morgan fingerprint density at radius 3 is 2.55 bits per heavy atom. The van der Waals surface area contributed by atoms with Gasteiger partial charge in [0.2, 0.25) is 0 Å². The minimum absolute atomic E-state index is 0.0795. The first-order valence-corrected chi connectivity index (χ1v) is 8.65. The summed E-state index contributed by atoms with van der Waals surface area (Å²) in [7, 11) is 0. The Kier molecular flexibility index (Phi) is 2.72. The fourth-order valence-electron chi connectivity index (χ4n) is 6.89. The third kappa shape index (κ3) is 1.52. The lowest BCUT2D eigenvalue weighted by Crippen LogP contribution is -2.51. The number of ketones is 1. The highest BCUT2D eigenvalue weighted by Gasteiger charge is 2.61. The summed E-state index contributed by atoms with van der Waals surface area (Å²) in [6.45, 7) is 4.74. The van der Waals surface area contributed by atoms with Gasteiger partial charge in [0.05, 0.1) is 6.10 Å². The standard InChI is InChI=1S/C18H28O2/c1-17-8-7-15-13(14(17)5-6-16(17)20)4-3-11-9-12(19)10-18(11,15)2/h11,13-16,20H,3-10H2,1-2H3/t11?,13?,14?,15?,16-,17-,18-/m1/s1. The molecule has 0 heterocycles. The first-order chi connectivity index (χ1) is 9.45. The second-order valence-electron chi connectivity index (χ2n) is 8.71. The first-order valence-electron chi connectivity index (χ1n) is 8.65. The van der Waals surface area contributed by atoms with Crippen molar-refractivity contribution < 1.29 is 9.90 Å². The summed E-state index contributed by atoms with van der Waals surface area (Å²) < 4.78 is 0. The second kappa shape index (κ2) is 4.09. The van der Waals surface area contributed by atoms with Gasteiger partial charge in [0, 0.05) is 12.8 Å². The van der Waals surface area contributed by atoms with Gasteiger partial charge in [-0.3, -0.25) is 4.79 Å². The summed E-state index contributed by atoms with van der Waals surface area (Å²) in [6, 6.07) is 0. The van der Waals surface area contributed by atoms with Crippen molar-refractivity contribution in [2.75, 3.05) is 0 Å². The van der Waals surface area contributed by atoms with Crippen molar-refractivity contribution in [1.29, 1.82) is 0 Å². The summed E-state index contributed by atoms with van der Waals surface area (Å²) in [5, 5.41) is 10.4. The third-order valence-corrected chi connectivity index (χ3v) is 8.07. The van der Waals surface area contributed by atoms with Gasteiger partial charge in [-0.25, -0.2) is 0 Å². The number of aliphatic hydroxyl groups is 1. The van der Waals surface area contributed by atoms with Crippen molar-refractivity contribution in [2.45, 2.75) is 71.3 Å². The fourth-order valence-corrected chi connectivity index (χ4v) is 6.89. The van der Waals surface area contributed by atoms with Crippen LogP contribution in [0.5, 0.6) is 0 Å². The molecule has 2 heteroatoms. The molecule has 0 aromatic rings. The summed E-state index contributed by atoms with van der Waals surface area (Å²) in [4.78, 5) is 12.0. The summed E-state index contributed by atoms with van der Waals surface area (Å²) in [5.74, 6) is 3.41. The molecule has 4 fully saturated rings. The molecule has 0 aliphatic heterocycles. The van der Waals surface area contributed by atoms with Gasteiger partial charge in [-0.1, -0.05) is 13.8 Å². The first kappa shape index (κ1) is 13.3. The Hall–Kier alpha value is -0.370. The minimum atomic E-state index is -0.0795. The molecule has 4 rings (SSSR count). The molecule has 0 aromatic heterocycles. The molecule has 0 saturated heterocycles. The molecule has 0 amide bonds. The highest BCUT2D eigenvalue weighted by atomic mass is 16.3. The number of Topliss-reactive ketones (excluding diaryl/α,β-unsaturated/α-hetero) is 1. The fraction of sp³-hybridized carbons (Fsp3) is 0.944. The summed E-state index contributed by atoms with van der Waals surface area (Å²) in [6.07, 6.45) is 8.82. The number of aliphatic hydroxyl groups excluding tert-OH is 1. The average molecular weight is 276 g/mol. The Bertz CT molecular complexity index is 445. The van der Waals surface area contributed by atoms with Gasteiger partial charge >= 0.3 is 0 Å². The van der Waals surface area contributed by atoms with Crippen LogP contribution in [-0.4, -0.2) is 17.0 Å². The molecule has 4 saturated carbocycles. The van der Waals surface area contributed by atoms with Gasteiger partial charge in [0.1, 0.15) is 5.78 Å². The van der Waals surface area contributed by atoms with Gasteiger partial charge in [-0.15, -0.1) is 0 Å². The van der Waals surface area contributed by atoms with Gasteiger partial charge in [-0.2, -0.15) is 0 Å². The zero-order valence-corrected chi connectivity index (χ0v) is 12.9. The Labute approximate surface area is 122 Å². The molecule has 112 valence electrons. The van der Waals surface area contributed by atoms with E-state index in [1.807, 2.05) is 0 Å². The number of carbonyl (C=O) groups is 1. The normalized spacial score (nSPS) is 58.1. The van der Waals surface area contributed by atoms with Crippen LogP contribution in [-0.2, 0) is 4.79 Å². The van der Waals surface area contributed by atoms with E-state index in [4.69, 9.17) is 0 Å². The zero-order chi connectivity index (χ0) is 14.1. The van der Waals surface area contributed by atoms with E-state index in [2.05, 4.69) is 13.8 Å². The van der Waals surface area contributed by atoms with E-state index < -0.39 is 0 Å². The van der Waals surface area contributed by atoms with Crippen LogP contribution in [0.2, 0.25) is 0 Å². The van der Waals surface area contributed by atoms with Gasteiger partial charge in [0.15, 0.2) is 0 Å². The highest BCUT2D eigenvalue weighted by Crippen LogP contribution is 2.66. The quantitative estimate of drug-likeness (QED) is 0.734. The third-order valence-electron chi connectivity index (χ3n) is 8.07. The van der Waals surface area contributed by atoms with E-state index in [9.17, 15) is 9.90 Å². The molecule has 4 aliphatic carbocycles. The molecule has 0 aromatic carbocycles. The minimum Gasteiger partial charge on any atom is -0.393 e. The zero-order valence-electron chi connectivity index (χ0n) is 12.9. The molecule has 0 bridgehead atoms. The molecule has 2 nitrogen and oxygen atoms in total. The maximum Gasteiger partial charge on any atom is 0.133 e. The molecule has 20 heavy (non-hydrogen) atoms. The maximum atomic E-state index is 12.0. The van der Waals surface area contributed by atoms with Crippen molar-refractivity contribution in [1.82, 2.24) is 0 Å². The van der Waals surface area contributed by atoms with Crippen molar-refractivity contribution >= 4 is 5.78 Å². The molecular formula is C18H28O2. The molecule has 4 aliphatic rings. The lowest BCUT2D eigenvalue weighted by Gasteiger charge is -2.56. The van der Waals surface area contributed by atoms with Crippen LogP contribution in [0.15, 0.2) is 0 Å². The van der Waals surface area contributed by atoms with Crippen LogP contribution >= 0.6 is 0 Å². The van der Waals surface area contributed by atoms with Crippen LogP contribution < -0.4 is 0 Å². The Balaban J connectivity index is 1.67.